The maximum absolute atomic E-state index is 12.6. The molecule has 5 rings (SSSR count). The van der Waals surface area contributed by atoms with Gasteiger partial charge in [0.1, 0.15) is 16.5 Å². The highest BCUT2D eigenvalue weighted by Gasteiger charge is 2.49. The Hall–Kier alpha value is -2.67. The van der Waals surface area contributed by atoms with Crippen LogP contribution in [0.3, 0.4) is 0 Å². The third-order valence-electron chi connectivity index (χ3n) is 8.50. The number of likely N-dealkylation sites (tertiary alicyclic amines) is 1. The molecular weight excluding hydrogens is 687 g/mol. The van der Waals surface area contributed by atoms with Gasteiger partial charge < -0.3 is 34.6 Å². The van der Waals surface area contributed by atoms with Crippen LogP contribution in [0.1, 0.15) is 36.7 Å². The molecule has 2 saturated heterocycles. The first-order chi connectivity index (χ1) is 21.3. The first kappa shape index (κ1) is 35.2. The molecule has 2 fully saturated rings. The smallest absolute Gasteiger partial charge is 0.253 e. The molecule has 244 valence electrons. The molecule has 3 aromatic rings. The number of aryl methyl sites for hydroxylation is 2. The Morgan fingerprint density at radius 2 is 1.69 bits per heavy atom. The van der Waals surface area contributed by atoms with Crippen LogP contribution in [0.5, 0.6) is 11.5 Å². The molecule has 0 unspecified atom stereocenters. The number of aliphatic hydroxyl groups excluding tert-OH is 3. The second kappa shape index (κ2) is 14.8. The van der Waals surface area contributed by atoms with E-state index in [0.717, 1.165) is 27.4 Å². The Morgan fingerprint density at radius 1 is 1.04 bits per heavy atom. The third-order valence-corrected chi connectivity index (χ3v) is 9.74. The van der Waals surface area contributed by atoms with Crippen LogP contribution in [0, 0.1) is 19.3 Å². The van der Waals surface area contributed by atoms with E-state index in [1.54, 1.807) is 14.0 Å². The summed E-state index contributed by atoms with van der Waals surface area (Å²) in [6, 6.07) is 13.0. The molecule has 0 spiro atoms. The van der Waals surface area contributed by atoms with Crippen molar-refractivity contribution in [3.63, 3.8) is 0 Å². The Balaban J connectivity index is 0.000000440. The highest BCUT2D eigenvalue weighted by Crippen LogP contribution is 2.47. The van der Waals surface area contributed by atoms with Gasteiger partial charge in [0.05, 0.1) is 54.3 Å². The Bertz CT molecular complexity index is 1510. The van der Waals surface area contributed by atoms with E-state index >= 15 is 0 Å². The van der Waals surface area contributed by atoms with Crippen molar-refractivity contribution in [3.8, 4) is 11.5 Å². The zero-order chi connectivity index (χ0) is 33.1. The number of benzene rings is 1. The van der Waals surface area contributed by atoms with Gasteiger partial charge in [0.15, 0.2) is 17.6 Å². The van der Waals surface area contributed by atoms with E-state index in [9.17, 15) is 20.1 Å². The predicted octanol–water partition coefficient (Wildman–Crippen LogP) is 4.79. The summed E-state index contributed by atoms with van der Waals surface area (Å²) in [5.74, 6) is 1.29. The SMILES string of the molecule is COc1ccc([C@@H]2CN(C(=O)[C@@H](O)CO)C[C@@]2(C)[C@@H](C)O)cc1OC1CN(c2ccc(Cl)c(C)n2)C1.Cc1nc(Br)ccc1Cl. The van der Waals surface area contributed by atoms with Crippen LogP contribution in [-0.4, -0.2) is 94.3 Å². The van der Waals surface area contributed by atoms with E-state index in [1.807, 2.05) is 63.2 Å². The first-order valence-corrected chi connectivity index (χ1v) is 16.1. The van der Waals surface area contributed by atoms with Gasteiger partial charge in [0, 0.05) is 24.4 Å². The van der Waals surface area contributed by atoms with Gasteiger partial charge in [0.25, 0.3) is 5.91 Å². The van der Waals surface area contributed by atoms with Gasteiger partial charge in [-0.3, -0.25) is 4.79 Å². The number of hydrogen-bond acceptors (Lipinski definition) is 9. The lowest BCUT2D eigenvalue weighted by Gasteiger charge is -2.40. The van der Waals surface area contributed by atoms with Crippen molar-refractivity contribution in [3.05, 3.63) is 74.1 Å². The van der Waals surface area contributed by atoms with E-state index in [0.29, 0.717) is 41.2 Å². The van der Waals surface area contributed by atoms with Crippen molar-refractivity contribution >= 4 is 50.9 Å². The summed E-state index contributed by atoms with van der Waals surface area (Å²) in [6.45, 7) is 8.63. The van der Waals surface area contributed by atoms with E-state index < -0.39 is 30.1 Å². The van der Waals surface area contributed by atoms with Crippen LogP contribution in [0.15, 0.2) is 47.1 Å². The number of hydrogen-bond donors (Lipinski definition) is 3. The van der Waals surface area contributed by atoms with Gasteiger partial charge in [-0.15, -0.1) is 0 Å². The van der Waals surface area contributed by atoms with Crippen LogP contribution < -0.4 is 14.4 Å². The summed E-state index contributed by atoms with van der Waals surface area (Å²) in [5, 5.41) is 31.1. The molecule has 4 heterocycles. The molecular formula is C32H39BrCl2N4O6. The molecule has 2 aliphatic heterocycles. The van der Waals surface area contributed by atoms with Crippen molar-refractivity contribution in [1.82, 2.24) is 14.9 Å². The minimum atomic E-state index is -1.47. The molecule has 3 N–H and O–H groups in total. The predicted molar refractivity (Wildman–Crippen MR) is 177 cm³/mol. The number of rotatable bonds is 8. The number of ether oxygens (including phenoxy) is 2. The fourth-order valence-corrected chi connectivity index (χ4v) is 6.09. The molecule has 45 heavy (non-hydrogen) atoms. The molecule has 10 nitrogen and oxygen atoms in total. The number of pyridine rings is 2. The van der Waals surface area contributed by atoms with Crippen molar-refractivity contribution in [2.45, 2.75) is 51.9 Å². The highest BCUT2D eigenvalue weighted by molar-refractivity contribution is 9.10. The lowest BCUT2D eigenvalue weighted by molar-refractivity contribution is -0.141. The van der Waals surface area contributed by atoms with Crippen LogP contribution in [0.25, 0.3) is 0 Å². The molecule has 1 aromatic carbocycles. The number of amides is 1. The zero-order valence-electron chi connectivity index (χ0n) is 25.9. The fourth-order valence-electron chi connectivity index (χ4n) is 5.48. The first-order valence-electron chi connectivity index (χ1n) is 14.5. The minimum absolute atomic E-state index is 0.0589. The summed E-state index contributed by atoms with van der Waals surface area (Å²) in [5.41, 5.74) is 1.88. The number of halogens is 3. The maximum atomic E-state index is 12.6. The van der Waals surface area contributed by atoms with E-state index in [4.69, 9.17) is 32.7 Å². The second-order valence-electron chi connectivity index (χ2n) is 11.6. The zero-order valence-corrected chi connectivity index (χ0v) is 29.0. The Labute approximate surface area is 282 Å². The number of carbonyl (C=O) groups is 1. The number of methoxy groups -OCH3 is 1. The Kier molecular flexibility index (Phi) is 11.6. The average molecular weight is 726 g/mol. The quantitative estimate of drug-likeness (QED) is 0.281. The van der Waals surface area contributed by atoms with E-state index in [-0.39, 0.29) is 18.6 Å². The number of aliphatic hydroxyl groups is 3. The molecule has 0 radical (unpaired) electrons. The van der Waals surface area contributed by atoms with Crippen molar-refractivity contribution in [2.24, 2.45) is 5.41 Å². The van der Waals surface area contributed by atoms with Gasteiger partial charge in [-0.2, -0.15) is 0 Å². The van der Waals surface area contributed by atoms with Crippen molar-refractivity contribution < 1.29 is 29.6 Å². The minimum Gasteiger partial charge on any atom is -0.493 e. The summed E-state index contributed by atoms with van der Waals surface area (Å²) in [7, 11) is 1.58. The average Bonchev–Trinajstić information content (AvgIpc) is 3.36. The van der Waals surface area contributed by atoms with E-state index in [1.165, 1.54) is 4.90 Å². The van der Waals surface area contributed by atoms with E-state index in [2.05, 4.69) is 30.8 Å². The van der Waals surface area contributed by atoms with Gasteiger partial charge in [-0.05, 0) is 78.7 Å². The summed E-state index contributed by atoms with van der Waals surface area (Å²) >= 11 is 15.0. The molecule has 2 aromatic heterocycles. The van der Waals surface area contributed by atoms with Gasteiger partial charge in [0.2, 0.25) is 0 Å². The van der Waals surface area contributed by atoms with Crippen molar-refractivity contribution in [1.29, 1.82) is 0 Å². The van der Waals surface area contributed by atoms with Crippen LogP contribution in [-0.2, 0) is 4.79 Å². The number of nitrogens with zero attached hydrogens (tertiary/aromatic N) is 4. The summed E-state index contributed by atoms with van der Waals surface area (Å²) in [6.07, 6.45) is -2.25. The van der Waals surface area contributed by atoms with Crippen LogP contribution in [0.2, 0.25) is 10.0 Å². The lowest BCUT2D eigenvalue weighted by atomic mass is 9.72. The van der Waals surface area contributed by atoms with Gasteiger partial charge in [-0.25, -0.2) is 9.97 Å². The summed E-state index contributed by atoms with van der Waals surface area (Å²) in [4.78, 5) is 24.8. The standard InChI is InChI=1S/C26H34ClN3O6.C6H5BrClN/c1-15-20(27)6-8-24(28-15)29-10-18(11-29)36-23-9-17(5-7-22(23)35-4)19-12-30(25(34)21(33)13-31)14-26(19,3)16(2)32;1-4-5(8)2-3-6(7)9-4/h5-9,16,18-19,21,31-33H,10-14H2,1-4H3;2-3H,1H3/t16-,19+,21+,26+;/m1./s1. The maximum Gasteiger partial charge on any atom is 0.253 e. The fraction of sp³-hybridized carbons (Fsp3) is 0.469. The third kappa shape index (κ3) is 8.01. The lowest BCUT2D eigenvalue weighted by Crippen LogP contribution is -2.54. The van der Waals surface area contributed by atoms with Gasteiger partial charge >= 0.3 is 0 Å². The molecule has 4 atom stereocenters. The topological polar surface area (TPSA) is 128 Å². The normalized spacial score (nSPS) is 21.0. The van der Waals surface area contributed by atoms with Crippen molar-refractivity contribution in [2.75, 3.05) is 44.8 Å². The number of anilines is 1. The summed E-state index contributed by atoms with van der Waals surface area (Å²) < 4.78 is 12.7. The van der Waals surface area contributed by atoms with Crippen LogP contribution in [0.4, 0.5) is 5.82 Å². The molecule has 1 amide bonds. The van der Waals surface area contributed by atoms with Crippen LogP contribution >= 0.6 is 39.1 Å². The molecule has 13 heteroatoms. The molecule has 0 bridgehead atoms. The number of aromatic nitrogens is 2. The Morgan fingerprint density at radius 3 is 2.24 bits per heavy atom. The molecule has 0 saturated carbocycles. The monoisotopic (exact) mass is 724 g/mol. The largest absolute Gasteiger partial charge is 0.493 e. The number of carbonyl (C=O) groups excluding carboxylic acids is 1. The highest BCUT2D eigenvalue weighted by atomic mass is 79.9. The van der Waals surface area contributed by atoms with Gasteiger partial charge in [-0.1, -0.05) is 36.2 Å². The second-order valence-corrected chi connectivity index (χ2v) is 13.3. The molecule has 0 aliphatic carbocycles. The molecule has 2 aliphatic rings.